The van der Waals surface area contributed by atoms with Crippen molar-refractivity contribution in [3.8, 4) is 0 Å². The Labute approximate surface area is 117 Å². The molecule has 2 rings (SSSR count). The van der Waals surface area contributed by atoms with Crippen LogP contribution in [0.1, 0.15) is 24.2 Å². The summed E-state index contributed by atoms with van der Waals surface area (Å²) >= 11 is 0. The van der Waals surface area contributed by atoms with Crippen LogP contribution in [-0.2, 0) is 9.53 Å². The van der Waals surface area contributed by atoms with Gasteiger partial charge < -0.3 is 9.94 Å². The molecule has 0 amide bonds. The van der Waals surface area contributed by atoms with Crippen molar-refractivity contribution < 1.29 is 14.7 Å². The molecule has 0 aromatic heterocycles. The van der Waals surface area contributed by atoms with Gasteiger partial charge in [0.2, 0.25) is 0 Å². The zero-order chi connectivity index (χ0) is 14.4. The summed E-state index contributed by atoms with van der Waals surface area (Å²) in [6, 6.07) is 18.3. The number of benzene rings is 2. The normalized spacial score (nSPS) is 12.8. The van der Waals surface area contributed by atoms with Gasteiger partial charge >= 0.3 is 5.97 Å². The van der Waals surface area contributed by atoms with Crippen LogP contribution in [0.25, 0.3) is 0 Å². The summed E-state index contributed by atoms with van der Waals surface area (Å²) in [5, 5.41) is 12.6. The highest BCUT2D eigenvalue weighted by Crippen LogP contribution is 2.23. The summed E-state index contributed by atoms with van der Waals surface area (Å²) in [7, 11) is 0. The maximum Gasteiger partial charge on any atom is 0.303 e. The Morgan fingerprint density at radius 2 is 1.60 bits per heavy atom. The van der Waals surface area contributed by atoms with Crippen molar-refractivity contribution in [1.29, 1.82) is 0 Å². The molecule has 4 nitrogen and oxygen atoms in total. The molecule has 2 aromatic carbocycles. The predicted molar refractivity (Wildman–Crippen MR) is 75.7 cm³/mol. The second-order valence-corrected chi connectivity index (χ2v) is 4.25. The van der Waals surface area contributed by atoms with E-state index in [4.69, 9.17) is 4.74 Å². The summed E-state index contributed by atoms with van der Waals surface area (Å²) < 4.78 is 5.31. The van der Waals surface area contributed by atoms with Crippen LogP contribution in [0.2, 0.25) is 0 Å². The van der Waals surface area contributed by atoms with Crippen LogP contribution < -0.4 is 0 Å². The van der Waals surface area contributed by atoms with Crippen LogP contribution >= 0.6 is 0 Å². The standard InChI is InChI=1S/C16H15NO3/c1-12(18)20-16(14-10-6-3-7-11-14)15(17-19)13-8-4-2-5-9-13/h2-11,16,19H,1H3/b17-15+/t16-/m0/s1. The quantitative estimate of drug-likeness (QED) is 0.401. The van der Waals surface area contributed by atoms with E-state index in [2.05, 4.69) is 5.16 Å². The molecule has 102 valence electrons. The lowest BCUT2D eigenvalue weighted by Gasteiger charge is -2.18. The Kier molecular flexibility index (Phi) is 4.50. The maximum absolute atomic E-state index is 11.3. The number of ether oxygens (including phenoxy) is 1. The molecule has 1 atom stereocenters. The summed E-state index contributed by atoms with van der Waals surface area (Å²) in [6.07, 6.45) is -0.735. The van der Waals surface area contributed by atoms with Crippen molar-refractivity contribution in [3.63, 3.8) is 0 Å². The van der Waals surface area contributed by atoms with E-state index in [0.29, 0.717) is 11.3 Å². The molecule has 1 N–H and O–H groups in total. The van der Waals surface area contributed by atoms with Gasteiger partial charge in [0, 0.05) is 12.5 Å². The fourth-order valence-electron chi connectivity index (χ4n) is 1.95. The molecule has 0 aliphatic rings. The maximum atomic E-state index is 11.3. The number of hydrogen-bond donors (Lipinski definition) is 1. The molecule has 0 aliphatic carbocycles. The minimum Gasteiger partial charge on any atom is -0.451 e. The van der Waals surface area contributed by atoms with E-state index in [1.807, 2.05) is 48.5 Å². The van der Waals surface area contributed by atoms with E-state index in [-0.39, 0.29) is 0 Å². The molecule has 0 spiro atoms. The van der Waals surface area contributed by atoms with E-state index < -0.39 is 12.1 Å². The van der Waals surface area contributed by atoms with Gasteiger partial charge in [-0.3, -0.25) is 4.79 Å². The Bertz CT molecular complexity index is 594. The van der Waals surface area contributed by atoms with Gasteiger partial charge in [0.1, 0.15) is 5.71 Å². The van der Waals surface area contributed by atoms with E-state index in [1.54, 1.807) is 12.1 Å². The lowest BCUT2D eigenvalue weighted by molar-refractivity contribution is -0.143. The number of oxime groups is 1. The molecular formula is C16H15NO3. The number of carbonyl (C=O) groups excluding carboxylic acids is 1. The van der Waals surface area contributed by atoms with E-state index in [1.165, 1.54) is 6.92 Å². The van der Waals surface area contributed by atoms with Gasteiger partial charge in [0.15, 0.2) is 6.10 Å². The lowest BCUT2D eigenvalue weighted by Crippen LogP contribution is -2.19. The highest BCUT2D eigenvalue weighted by atomic mass is 16.5. The molecule has 20 heavy (non-hydrogen) atoms. The fourth-order valence-corrected chi connectivity index (χ4v) is 1.95. The molecule has 0 heterocycles. The van der Waals surface area contributed by atoms with Gasteiger partial charge in [-0.15, -0.1) is 0 Å². The zero-order valence-corrected chi connectivity index (χ0v) is 11.1. The highest BCUT2D eigenvalue weighted by Gasteiger charge is 2.23. The van der Waals surface area contributed by atoms with Gasteiger partial charge in [-0.25, -0.2) is 0 Å². The lowest BCUT2D eigenvalue weighted by atomic mass is 9.99. The minimum atomic E-state index is -0.735. The fraction of sp³-hybridized carbons (Fsp3) is 0.125. The van der Waals surface area contributed by atoms with Crippen LogP contribution in [0.3, 0.4) is 0 Å². The third kappa shape index (κ3) is 3.23. The Hall–Kier alpha value is -2.62. The third-order valence-electron chi connectivity index (χ3n) is 2.81. The number of esters is 1. The van der Waals surface area contributed by atoms with E-state index >= 15 is 0 Å². The minimum absolute atomic E-state index is 0.298. The number of carbonyl (C=O) groups is 1. The van der Waals surface area contributed by atoms with Crippen molar-refractivity contribution >= 4 is 11.7 Å². The topological polar surface area (TPSA) is 58.9 Å². The first-order chi connectivity index (χ1) is 9.72. The SMILES string of the molecule is CC(=O)O[C@H](/C(=N/O)c1ccccc1)c1ccccc1. The molecule has 0 radical (unpaired) electrons. The molecule has 0 saturated heterocycles. The molecule has 0 aliphatic heterocycles. The van der Waals surface area contributed by atoms with Gasteiger partial charge in [-0.2, -0.15) is 0 Å². The second kappa shape index (κ2) is 6.52. The average molecular weight is 269 g/mol. The molecule has 2 aromatic rings. The number of rotatable bonds is 4. The Morgan fingerprint density at radius 1 is 1.05 bits per heavy atom. The first-order valence-corrected chi connectivity index (χ1v) is 6.22. The van der Waals surface area contributed by atoms with Crippen LogP contribution in [-0.4, -0.2) is 16.9 Å². The molecule has 0 saturated carbocycles. The predicted octanol–water partition coefficient (Wildman–Crippen LogP) is 3.17. The molecule has 0 fully saturated rings. The highest BCUT2D eigenvalue weighted by molar-refractivity contribution is 6.04. The summed E-state index contributed by atoms with van der Waals surface area (Å²) in [5.74, 6) is -0.434. The van der Waals surface area contributed by atoms with Crippen LogP contribution in [0.15, 0.2) is 65.8 Å². The van der Waals surface area contributed by atoms with Crippen LogP contribution in [0.4, 0.5) is 0 Å². The Morgan fingerprint density at radius 3 is 2.10 bits per heavy atom. The van der Waals surface area contributed by atoms with E-state index in [0.717, 1.165) is 5.56 Å². The van der Waals surface area contributed by atoms with Gasteiger partial charge in [0.05, 0.1) is 0 Å². The molecule has 0 unspecified atom stereocenters. The zero-order valence-electron chi connectivity index (χ0n) is 11.1. The summed E-state index contributed by atoms with van der Waals surface area (Å²) in [5.41, 5.74) is 1.75. The first kappa shape index (κ1) is 13.8. The second-order valence-electron chi connectivity index (χ2n) is 4.25. The third-order valence-corrected chi connectivity index (χ3v) is 2.81. The van der Waals surface area contributed by atoms with Crippen LogP contribution in [0, 0.1) is 0 Å². The average Bonchev–Trinajstić information content (AvgIpc) is 2.49. The van der Waals surface area contributed by atoms with Gasteiger partial charge in [-0.1, -0.05) is 65.8 Å². The van der Waals surface area contributed by atoms with Crippen molar-refractivity contribution in [2.75, 3.05) is 0 Å². The van der Waals surface area contributed by atoms with Crippen molar-refractivity contribution in [2.24, 2.45) is 5.16 Å². The van der Waals surface area contributed by atoms with Crippen molar-refractivity contribution in [3.05, 3.63) is 71.8 Å². The van der Waals surface area contributed by atoms with Crippen molar-refractivity contribution in [1.82, 2.24) is 0 Å². The van der Waals surface area contributed by atoms with Gasteiger partial charge in [-0.05, 0) is 5.56 Å². The first-order valence-electron chi connectivity index (χ1n) is 6.22. The van der Waals surface area contributed by atoms with E-state index in [9.17, 15) is 10.0 Å². The molecule has 4 heteroatoms. The number of nitrogens with zero attached hydrogens (tertiary/aromatic N) is 1. The van der Waals surface area contributed by atoms with Gasteiger partial charge in [0.25, 0.3) is 0 Å². The van der Waals surface area contributed by atoms with Crippen molar-refractivity contribution in [2.45, 2.75) is 13.0 Å². The summed E-state index contributed by atoms with van der Waals surface area (Å²) in [6.45, 7) is 1.33. The largest absolute Gasteiger partial charge is 0.451 e. The molecular weight excluding hydrogens is 254 g/mol. The molecule has 0 bridgehead atoms. The Balaban J connectivity index is 2.43. The smallest absolute Gasteiger partial charge is 0.303 e. The number of hydrogen-bond acceptors (Lipinski definition) is 4. The monoisotopic (exact) mass is 269 g/mol. The van der Waals surface area contributed by atoms with Crippen LogP contribution in [0.5, 0.6) is 0 Å². The summed E-state index contributed by atoms with van der Waals surface area (Å²) in [4.78, 5) is 11.3.